The molecule has 3 heteroatoms. The maximum Gasteiger partial charge on any atom is 0.225 e. The molecule has 1 N–H and O–H groups in total. The van der Waals surface area contributed by atoms with Gasteiger partial charge in [-0.2, -0.15) is 0 Å². The van der Waals surface area contributed by atoms with E-state index in [-0.39, 0.29) is 18.1 Å². The summed E-state index contributed by atoms with van der Waals surface area (Å²) in [6.07, 6.45) is 16.1. The second kappa shape index (κ2) is 10.6. The lowest BCUT2D eigenvalue weighted by Crippen LogP contribution is -2.51. The molecule has 21 heavy (non-hydrogen) atoms. The third kappa shape index (κ3) is 6.94. The van der Waals surface area contributed by atoms with Gasteiger partial charge in [0.15, 0.2) is 0 Å². The summed E-state index contributed by atoms with van der Waals surface area (Å²) in [5, 5.41) is 9.87. The lowest BCUT2D eigenvalue weighted by Gasteiger charge is -2.38. The van der Waals surface area contributed by atoms with E-state index in [2.05, 4.69) is 26.0 Å². The van der Waals surface area contributed by atoms with Gasteiger partial charge in [-0.15, -0.1) is 0 Å². The summed E-state index contributed by atoms with van der Waals surface area (Å²) in [5.41, 5.74) is 0. The zero-order valence-corrected chi connectivity index (χ0v) is 13.6. The monoisotopic (exact) mass is 293 g/mol. The average Bonchev–Trinajstić information content (AvgIpc) is 2.47. The van der Waals surface area contributed by atoms with Crippen LogP contribution in [0.4, 0.5) is 0 Å². The normalized spacial score (nSPS) is 20.4. The molecular weight excluding hydrogens is 262 g/mol. The van der Waals surface area contributed by atoms with E-state index in [9.17, 15) is 9.90 Å². The van der Waals surface area contributed by atoms with Crippen LogP contribution in [0.2, 0.25) is 0 Å². The molecule has 1 aliphatic rings. The van der Waals surface area contributed by atoms with Gasteiger partial charge < -0.3 is 10.0 Å². The zero-order valence-electron chi connectivity index (χ0n) is 13.6. The van der Waals surface area contributed by atoms with Crippen molar-refractivity contribution in [2.75, 3.05) is 6.54 Å². The molecule has 1 heterocycles. The molecule has 120 valence electrons. The maximum absolute atomic E-state index is 11.6. The van der Waals surface area contributed by atoms with E-state index in [4.69, 9.17) is 0 Å². The highest BCUT2D eigenvalue weighted by Crippen LogP contribution is 2.20. The fourth-order valence-corrected chi connectivity index (χ4v) is 2.47. The molecule has 0 radical (unpaired) electrons. The third-order valence-electron chi connectivity index (χ3n) is 3.96. The van der Waals surface area contributed by atoms with Crippen LogP contribution in [0.15, 0.2) is 24.3 Å². The van der Waals surface area contributed by atoms with Crippen molar-refractivity contribution >= 4 is 5.91 Å². The first-order valence-electron chi connectivity index (χ1n) is 8.49. The van der Waals surface area contributed by atoms with Gasteiger partial charge in [0, 0.05) is 6.54 Å². The van der Waals surface area contributed by atoms with E-state index >= 15 is 0 Å². The minimum Gasteiger partial charge on any atom is -0.389 e. The number of aliphatic hydroxyl groups is 1. The van der Waals surface area contributed by atoms with E-state index in [1.807, 2.05) is 17.1 Å². The van der Waals surface area contributed by atoms with Gasteiger partial charge in [-0.1, -0.05) is 70.3 Å². The van der Waals surface area contributed by atoms with Crippen LogP contribution in [0.25, 0.3) is 0 Å². The van der Waals surface area contributed by atoms with Gasteiger partial charge in [0.25, 0.3) is 0 Å². The number of allylic oxidation sites excluding steroid dienone is 1. The number of amides is 1. The predicted octanol–water partition coefficient (Wildman–Crippen LogP) is 3.83. The van der Waals surface area contributed by atoms with Crippen LogP contribution in [0.1, 0.15) is 65.2 Å². The number of likely N-dealkylation sites (tertiary alicyclic amines) is 1. The minimum atomic E-state index is -0.366. The van der Waals surface area contributed by atoms with Crippen LogP contribution >= 0.6 is 0 Å². The molecule has 0 spiro atoms. The molecule has 0 aromatic heterocycles. The number of β-lactam (4-membered cyclic amide) rings is 1. The SMILES string of the molecule is CCCC/C=C\CN1C(=O)CC1/C=C/C(O)CCCCC. The molecule has 0 aromatic rings. The largest absolute Gasteiger partial charge is 0.389 e. The van der Waals surface area contributed by atoms with Crippen LogP contribution in [-0.4, -0.2) is 34.6 Å². The Labute approximate surface area is 129 Å². The van der Waals surface area contributed by atoms with Crippen LogP contribution < -0.4 is 0 Å². The fourth-order valence-electron chi connectivity index (χ4n) is 2.47. The Morgan fingerprint density at radius 2 is 2.00 bits per heavy atom. The van der Waals surface area contributed by atoms with Crippen molar-refractivity contribution in [3.8, 4) is 0 Å². The van der Waals surface area contributed by atoms with Gasteiger partial charge in [-0.05, 0) is 12.8 Å². The molecule has 2 atom stereocenters. The number of carbonyl (C=O) groups excluding carboxylic acids is 1. The van der Waals surface area contributed by atoms with Crippen molar-refractivity contribution in [1.82, 2.24) is 4.90 Å². The van der Waals surface area contributed by atoms with Crippen molar-refractivity contribution in [2.45, 2.75) is 77.4 Å². The standard InChI is InChI=1S/C18H31NO2/c1-3-5-7-8-10-14-19-16(15-18(19)21)12-13-17(20)11-9-6-4-2/h8,10,12-13,16-17,20H,3-7,9,11,14-15H2,1-2H3/b10-8-,13-12+. The summed E-state index contributed by atoms with van der Waals surface area (Å²) in [5.74, 6) is 0.213. The quantitative estimate of drug-likeness (QED) is 0.357. The molecule has 0 aromatic carbocycles. The van der Waals surface area contributed by atoms with Crippen LogP contribution in [0, 0.1) is 0 Å². The van der Waals surface area contributed by atoms with Crippen molar-refractivity contribution in [2.24, 2.45) is 0 Å². The molecule has 1 rings (SSSR count). The number of unbranched alkanes of at least 4 members (excludes halogenated alkanes) is 4. The molecule has 0 bridgehead atoms. The minimum absolute atomic E-state index is 0.175. The van der Waals surface area contributed by atoms with Gasteiger partial charge in [0.2, 0.25) is 5.91 Å². The van der Waals surface area contributed by atoms with Gasteiger partial charge in [-0.3, -0.25) is 4.79 Å². The first kappa shape index (κ1) is 18.0. The first-order valence-corrected chi connectivity index (χ1v) is 8.49. The van der Waals surface area contributed by atoms with Crippen molar-refractivity contribution < 1.29 is 9.90 Å². The van der Waals surface area contributed by atoms with Crippen LogP contribution in [0.3, 0.4) is 0 Å². The second-order valence-corrected chi connectivity index (χ2v) is 5.88. The molecule has 2 unspecified atom stereocenters. The van der Waals surface area contributed by atoms with E-state index in [0.29, 0.717) is 13.0 Å². The summed E-state index contributed by atoms with van der Waals surface area (Å²) in [6.45, 7) is 5.04. The molecule has 3 nitrogen and oxygen atoms in total. The van der Waals surface area contributed by atoms with E-state index in [1.54, 1.807) is 0 Å². The smallest absolute Gasteiger partial charge is 0.225 e. The highest BCUT2D eigenvalue weighted by Gasteiger charge is 2.32. The van der Waals surface area contributed by atoms with Gasteiger partial charge in [-0.25, -0.2) is 0 Å². The molecule has 1 aliphatic heterocycles. The summed E-state index contributed by atoms with van der Waals surface area (Å²) >= 11 is 0. The summed E-state index contributed by atoms with van der Waals surface area (Å²) < 4.78 is 0. The van der Waals surface area contributed by atoms with Crippen molar-refractivity contribution in [1.29, 1.82) is 0 Å². The Bertz CT molecular complexity index is 349. The lowest BCUT2D eigenvalue weighted by molar-refractivity contribution is -0.142. The topological polar surface area (TPSA) is 40.5 Å². The van der Waals surface area contributed by atoms with E-state index in [0.717, 1.165) is 19.3 Å². The Morgan fingerprint density at radius 1 is 1.24 bits per heavy atom. The summed E-state index contributed by atoms with van der Waals surface area (Å²) in [6, 6.07) is 0.175. The van der Waals surface area contributed by atoms with Gasteiger partial charge >= 0.3 is 0 Å². The Hall–Kier alpha value is -1.09. The first-order chi connectivity index (χ1) is 10.2. The molecule has 1 saturated heterocycles. The summed E-state index contributed by atoms with van der Waals surface area (Å²) in [4.78, 5) is 13.5. The highest BCUT2D eigenvalue weighted by atomic mass is 16.3. The van der Waals surface area contributed by atoms with Gasteiger partial charge in [0.1, 0.15) is 0 Å². The second-order valence-electron chi connectivity index (χ2n) is 5.88. The number of nitrogens with zero attached hydrogens (tertiary/aromatic N) is 1. The maximum atomic E-state index is 11.6. The number of carbonyl (C=O) groups is 1. The molecule has 1 fully saturated rings. The number of aliphatic hydroxyl groups excluding tert-OH is 1. The van der Waals surface area contributed by atoms with Crippen molar-refractivity contribution in [3.63, 3.8) is 0 Å². The number of hydrogen-bond acceptors (Lipinski definition) is 2. The van der Waals surface area contributed by atoms with E-state index < -0.39 is 0 Å². The molecular formula is C18H31NO2. The van der Waals surface area contributed by atoms with Gasteiger partial charge in [0.05, 0.1) is 18.6 Å². The summed E-state index contributed by atoms with van der Waals surface area (Å²) in [7, 11) is 0. The molecule has 1 amide bonds. The molecule has 0 aliphatic carbocycles. The van der Waals surface area contributed by atoms with E-state index in [1.165, 1.54) is 25.7 Å². The highest BCUT2D eigenvalue weighted by molar-refractivity contribution is 5.84. The van der Waals surface area contributed by atoms with Crippen molar-refractivity contribution in [3.05, 3.63) is 24.3 Å². The Morgan fingerprint density at radius 3 is 2.67 bits per heavy atom. The number of rotatable bonds is 11. The molecule has 0 saturated carbocycles. The Balaban J connectivity index is 2.27. The zero-order chi connectivity index (χ0) is 15.5. The fraction of sp³-hybridized carbons (Fsp3) is 0.722. The van der Waals surface area contributed by atoms with Crippen LogP contribution in [0.5, 0.6) is 0 Å². The third-order valence-corrected chi connectivity index (χ3v) is 3.96. The van der Waals surface area contributed by atoms with Crippen LogP contribution in [-0.2, 0) is 4.79 Å². The predicted molar refractivity (Wildman–Crippen MR) is 88.1 cm³/mol. The lowest BCUT2D eigenvalue weighted by atomic mass is 10.00. The average molecular weight is 293 g/mol. The number of hydrogen-bond donors (Lipinski definition) is 1. The Kier molecular flexibility index (Phi) is 9.07.